The van der Waals surface area contributed by atoms with Crippen molar-refractivity contribution in [1.82, 2.24) is 9.21 Å². The van der Waals surface area contributed by atoms with E-state index < -0.39 is 39.2 Å². The Labute approximate surface area is 167 Å². The van der Waals surface area contributed by atoms with Crippen LogP contribution in [0.15, 0.2) is 29.2 Å². The summed E-state index contributed by atoms with van der Waals surface area (Å²) < 4.78 is 32.9. The van der Waals surface area contributed by atoms with Crippen molar-refractivity contribution in [3.05, 3.63) is 34.4 Å². The number of amides is 2. The molecule has 2 aliphatic heterocycles. The van der Waals surface area contributed by atoms with Gasteiger partial charge in [-0.25, -0.2) is 8.42 Å². The number of hydrogen-bond donors (Lipinski definition) is 1. The Morgan fingerprint density at radius 3 is 2.52 bits per heavy atom. The summed E-state index contributed by atoms with van der Waals surface area (Å²) in [7, 11) is -3.92. The molecule has 0 spiro atoms. The van der Waals surface area contributed by atoms with Gasteiger partial charge in [0.05, 0.1) is 15.9 Å². The molecule has 3 atom stereocenters. The van der Waals surface area contributed by atoms with Crippen LogP contribution in [-0.2, 0) is 24.3 Å². The number of nitro groups is 1. The second-order valence-electron chi connectivity index (χ2n) is 6.99. The van der Waals surface area contributed by atoms with Crippen LogP contribution in [0.5, 0.6) is 0 Å². The van der Waals surface area contributed by atoms with Crippen LogP contribution in [0.4, 0.5) is 5.69 Å². The molecule has 0 aliphatic carbocycles. The van der Waals surface area contributed by atoms with E-state index in [1.54, 1.807) is 6.92 Å². The lowest BCUT2D eigenvalue weighted by Crippen LogP contribution is -2.50. The molecule has 29 heavy (non-hydrogen) atoms. The van der Waals surface area contributed by atoms with Crippen LogP contribution < -0.4 is 5.73 Å². The zero-order valence-corrected chi connectivity index (χ0v) is 16.6. The largest absolute Gasteiger partial charge is 0.368 e. The van der Waals surface area contributed by atoms with Gasteiger partial charge in [0.2, 0.25) is 21.8 Å². The third kappa shape index (κ3) is 4.09. The van der Waals surface area contributed by atoms with Gasteiger partial charge in [0.15, 0.2) is 0 Å². The van der Waals surface area contributed by atoms with Crippen LogP contribution in [0.2, 0.25) is 0 Å². The normalized spacial score (nSPS) is 26.3. The summed E-state index contributed by atoms with van der Waals surface area (Å²) >= 11 is 0. The van der Waals surface area contributed by atoms with E-state index in [1.807, 2.05) is 0 Å². The number of nitrogens with two attached hydrogens (primary N) is 1. The molecule has 1 aromatic rings. The van der Waals surface area contributed by atoms with E-state index in [0.717, 1.165) is 12.1 Å². The second-order valence-corrected chi connectivity index (χ2v) is 8.93. The number of primary amides is 1. The van der Waals surface area contributed by atoms with E-state index in [4.69, 9.17) is 10.5 Å². The average molecular weight is 426 g/mol. The number of nitro benzene ring substituents is 1. The molecule has 2 N–H and O–H groups in total. The Balaban J connectivity index is 1.83. The van der Waals surface area contributed by atoms with Crippen molar-refractivity contribution < 1.29 is 27.7 Å². The molecule has 0 saturated carbocycles. The zero-order valence-electron chi connectivity index (χ0n) is 15.8. The van der Waals surface area contributed by atoms with Gasteiger partial charge in [-0.15, -0.1) is 0 Å². The first-order chi connectivity index (χ1) is 13.6. The lowest BCUT2D eigenvalue weighted by molar-refractivity contribution is -0.384. The van der Waals surface area contributed by atoms with Crippen molar-refractivity contribution in [2.45, 2.75) is 49.5 Å². The van der Waals surface area contributed by atoms with Gasteiger partial charge in [-0.3, -0.25) is 19.7 Å². The topological polar surface area (TPSA) is 153 Å². The molecule has 3 rings (SSSR count). The second kappa shape index (κ2) is 8.05. The molecular weight excluding hydrogens is 404 g/mol. The molecule has 2 aliphatic rings. The van der Waals surface area contributed by atoms with Crippen LogP contribution in [0, 0.1) is 10.1 Å². The Morgan fingerprint density at radius 2 is 1.93 bits per heavy atom. The highest BCUT2D eigenvalue weighted by Crippen LogP contribution is 2.29. The fourth-order valence-corrected chi connectivity index (χ4v) is 5.21. The standard InChI is InChI=1S/C17H22N4O7S/c1-11-16(17(18)23)20-14(22)3-2-9-19(10-8-15(20)28-11)29(26,27)13-6-4-12(5-7-13)21(24)25/h4-7,11,15-16H,2-3,8-10H2,1H3,(H2,18,23)/t11-,15+,16+/m1/s1. The third-order valence-corrected chi connectivity index (χ3v) is 7.03. The Kier molecular flexibility index (Phi) is 5.87. The molecule has 0 bridgehead atoms. The minimum absolute atomic E-state index is 0.0443. The van der Waals surface area contributed by atoms with Crippen molar-refractivity contribution in [3.8, 4) is 0 Å². The molecule has 12 heteroatoms. The fraction of sp³-hybridized carbons (Fsp3) is 0.529. The first-order valence-corrected chi connectivity index (χ1v) is 10.6. The maximum atomic E-state index is 13.0. The average Bonchev–Trinajstić information content (AvgIpc) is 3.02. The number of sulfonamides is 1. The Bertz CT molecular complexity index is 918. The highest BCUT2D eigenvalue weighted by Gasteiger charge is 2.46. The summed E-state index contributed by atoms with van der Waals surface area (Å²) in [6.45, 7) is 1.81. The molecule has 158 valence electrons. The summed E-state index contributed by atoms with van der Waals surface area (Å²) in [6.07, 6.45) is -0.855. The number of non-ortho nitro benzene ring substituents is 1. The van der Waals surface area contributed by atoms with Gasteiger partial charge >= 0.3 is 0 Å². The van der Waals surface area contributed by atoms with E-state index in [-0.39, 0.29) is 48.8 Å². The molecule has 0 aromatic heterocycles. The molecule has 2 heterocycles. The smallest absolute Gasteiger partial charge is 0.269 e. The highest BCUT2D eigenvalue weighted by atomic mass is 32.2. The summed E-state index contributed by atoms with van der Waals surface area (Å²) in [5.74, 6) is -0.972. The van der Waals surface area contributed by atoms with E-state index in [9.17, 15) is 28.1 Å². The summed E-state index contributed by atoms with van der Waals surface area (Å²) in [4.78, 5) is 35.8. The van der Waals surface area contributed by atoms with Crippen LogP contribution in [0.1, 0.15) is 26.2 Å². The van der Waals surface area contributed by atoms with Crippen molar-refractivity contribution in [3.63, 3.8) is 0 Å². The number of nitrogens with zero attached hydrogens (tertiary/aromatic N) is 3. The van der Waals surface area contributed by atoms with Gasteiger partial charge in [-0.1, -0.05) is 0 Å². The van der Waals surface area contributed by atoms with Crippen molar-refractivity contribution >= 4 is 27.5 Å². The zero-order chi connectivity index (χ0) is 21.3. The summed E-state index contributed by atoms with van der Waals surface area (Å²) in [5, 5.41) is 10.8. The van der Waals surface area contributed by atoms with E-state index in [2.05, 4.69) is 0 Å². The van der Waals surface area contributed by atoms with Crippen LogP contribution >= 0.6 is 0 Å². The van der Waals surface area contributed by atoms with E-state index in [1.165, 1.54) is 21.3 Å². The van der Waals surface area contributed by atoms with E-state index in [0.29, 0.717) is 0 Å². The SMILES string of the molecule is C[C@H]1O[C@H]2CCN(S(=O)(=O)c3ccc([N+](=O)[O-])cc3)CCCC(=O)N2[C@@H]1C(N)=O. The maximum Gasteiger partial charge on any atom is 0.269 e. The van der Waals surface area contributed by atoms with Gasteiger partial charge in [-0.2, -0.15) is 4.31 Å². The molecule has 1 aromatic carbocycles. The Morgan fingerprint density at radius 1 is 1.28 bits per heavy atom. The molecule has 2 fully saturated rings. The summed E-state index contributed by atoms with van der Waals surface area (Å²) in [6, 6.07) is 3.76. The lowest BCUT2D eigenvalue weighted by Gasteiger charge is -2.27. The van der Waals surface area contributed by atoms with Crippen LogP contribution in [0.25, 0.3) is 0 Å². The number of hydrogen-bond acceptors (Lipinski definition) is 7. The third-order valence-electron chi connectivity index (χ3n) is 5.11. The highest BCUT2D eigenvalue weighted by molar-refractivity contribution is 7.89. The molecule has 2 saturated heterocycles. The lowest BCUT2D eigenvalue weighted by atomic mass is 10.1. The summed E-state index contributed by atoms with van der Waals surface area (Å²) in [5.41, 5.74) is 5.22. The molecule has 2 amide bonds. The predicted octanol–water partition coefficient (Wildman–Crippen LogP) is 0.197. The van der Waals surface area contributed by atoms with Gasteiger partial charge in [0.25, 0.3) is 5.69 Å². The fourth-order valence-electron chi connectivity index (χ4n) is 3.72. The molecule has 0 radical (unpaired) electrons. The quantitative estimate of drug-likeness (QED) is 0.533. The van der Waals surface area contributed by atoms with Gasteiger partial charge in [-0.05, 0) is 25.5 Å². The molecular formula is C17H22N4O7S. The van der Waals surface area contributed by atoms with Gasteiger partial charge in [0, 0.05) is 38.1 Å². The van der Waals surface area contributed by atoms with Gasteiger partial charge < -0.3 is 15.4 Å². The number of carbonyl (C=O) groups is 2. The number of rotatable bonds is 4. The number of benzene rings is 1. The van der Waals surface area contributed by atoms with Crippen molar-refractivity contribution in [2.24, 2.45) is 5.73 Å². The minimum atomic E-state index is -3.92. The first kappa shape index (κ1) is 21.1. The molecule has 0 unspecified atom stereocenters. The number of ether oxygens (including phenoxy) is 1. The van der Waals surface area contributed by atoms with Crippen LogP contribution in [-0.4, -0.2) is 65.8 Å². The maximum absolute atomic E-state index is 13.0. The van der Waals surface area contributed by atoms with Crippen molar-refractivity contribution in [1.29, 1.82) is 0 Å². The predicted molar refractivity (Wildman–Crippen MR) is 99.9 cm³/mol. The van der Waals surface area contributed by atoms with Crippen molar-refractivity contribution in [2.75, 3.05) is 13.1 Å². The monoisotopic (exact) mass is 426 g/mol. The number of fused-ring (bicyclic) bond motifs is 1. The Hall–Kier alpha value is -2.57. The van der Waals surface area contributed by atoms with Gasteiger partial charge in [0.1, 0.15) is 12.3 Å². The van der Waals surface area contributed by atoms with Crippen LogP contribution in [0.3, 0.4) is 0 Å². The minimum Gasteiger partial charge on any atom is -0.368 e. The first-order valence-electron chi connectivity index (χ1n) is 9.13. The molecule has 11 nitrogen and oxygen atoms in total. The number of carbonyl (C=O) groups excluding carboxylic acids is 2. The van der Waals surface area contributed by atoms with E-state index >= 15 is 0 Å².